The van der Waals surface area contributed by atoms with Gasteiger partial charge in [-0.1, -0.05) is 11.8 Å². The van der Waals surface area contributed by atoms with Gasteiger partial charge in [0.05, 0.1) is 0 Å². The van der Waals surface area contributed by atoms with Gasteiger partial charge in [0, 0.05) is 22.2 Å². The van der Waals surface area contributed by atoms with E-state index in [0.717, 1.165) is 14.9 Å². The molecular formula is C10H7N3S2. The number of aryl methyl sites for hydroxylation is 1. The SMILES string of the molecule is Cc1csc(Sc2ccnc(C#N)c2)n1. The van der Waals surface area contributed by atoms with Crippen LogP contribution in [0.15, 0.2) is 32.9 Å². The normalized spacial score (nSPS) is 9.87. The van der Waals surface area contributed by atoms with Crippen molar-refractivity contribution in [1.82, 2.24) is 9.97 Å². The van der Waals surface area contributed by atoms with Crippen LogP contribution in [0.4, 0.5) is 0 Å². The van der Waals surface area contributed by atoms with Crippen LogP contribution in [0, 0.1) is 18.3 Å². The highest BCUT2D eigenvalue weighted by Gasteiger charge is 2.02. The van der Waals surface area contributed by atoms with E-state index in [4.69, 9.17) is 5.26 Å². The molecule has 0 spiro atoms. The lowest BCUT2D eigenvalue weighted by Crippen LogP contribution is -1.81. The second kappa shape index (κ2) is 4.43. The molecule has 0 aromatic carbocycles. The number of nitriles is 1. The van der Waals surface area contributed by atoms with Crippen LogP contribution in [-0.4, -0.2) is 9.97 Å². The Hall–Kier alpha value is -1.38. The first-order valence-electron chi connectivity index (χ1n) is 4.24. The number of nitrogens with zero attached hydrogens (tertiary/aromatic N) is 3. The molecular weight excluding hydrogens is 226 g/mol. The molecule has 15 heavy (non-hydrogen) atoms. The zero-order chi connectivity index (χ0) is 10.7. The second-order valence-electron chi connectivity index (χ2n) is 2.85. The van der Waals surface area contributed by atoms with E-state index in [-0.39, 0.29) is 0 Å². The summed E-state index contributed by atoms with van der Waals surface area (Å²) >= 11 is 3.16. The van der Waals surface area contributed by atoms with E-state index >= 15 is 0 Å². The standard InChI is InChI=1S/C10H7N3S2/c1-7-6-14-10(13-7)15-9-2-3-12-8(4-9)5-11/h2-4,6H,1H3. The van der Waals surface area contributed by atoms with E-state index in [2.05, 4.69) is 9.97 Å². The van der Waals surface area contributed by atoms with Gasteiger partial charge in [0.1, 0.15) is 11.8 Å². The molecule has 2 heterocycles. The highest BCUT2D eigenvalue weighted by atomic mass is 32.2. The van der Waals surface area contributed by atoms with Crippen molar-refractivity contribution >= 4 is 23.1 Å². The highest BCUT2D eigenvalue weighted by Crippen LogP contribution is 2.29. The zero-order valence-corrected chi connectivity index (χ0v) is 9.60. The predicted octanol–water partition coefficient (Wildman–Crippen LogP) is 2.87. The maximum Gasteiger partial charge on any atom is 0.154 e. The lowest BCUT2D eigenvalue weighted by atomic mass is 10.4. The summed E-state index contributed by atoms with van der Waals surface area (Å²) in [5.74, 6) is 0. The van der Waals surface area contributed by atoms with Crippen LogP contribution in [0.2, 0.25) is 0 Å². The predicted molar refractivity (Wildman–Crippen MR) is 59.9 cm³/mol. The van der Waals surface area contributed by atoms with E-state index in [1.54, 1.807) is 35.4 Å². The molecule has 2 rings (SSSR count). The number of rotatable bonds is 2. The fraction of sp³-hybridized carbons (Fsp3) is 0.100. The summed E-state index contributed by atoms with van der Waals surface area (Å²) in [6.45, 7) is 1.97. The molecule has 0 saturated carbocycles. The van der Waals surface area contributed by atoms with E-state index in [9.17, 15) is 0 Å². The summed E-state index contributed by atoms with van der Waals surface area (Å²) in [7, 11) is 0. The lowest BCUT2D eigenvalue weighted by Gasteiger charge is -1.96. The molecule has 0 aliphatic carbocycles. The molecule has 0 aliphatic rings. The van der Waals surface area contributed by atoms with Gasteiger partial charge in [0.25, 0.3) is 0 Å². The molecule has 0 fully saturated rings. The van der Waals surface area contributed by atoms with Crippen LogP contribution < -0.4 is 0 Å². The zero-order valence-electron chi connectivity index (χ0n) is 7.97. The van der Waals surface area contributed by atoms with Crippen molar-refractivity contribution in [3.63, 3.8) is 0 Å². The number of hydrogen-bond donors (Lipinski definition) is 0. The van der Waals surface area contributed by atoms with Gasteiger partial charge in [-0.15, -0.1) is 11.3 Å². The fourth-order valence-electron chi connectivity index (χ4n) is 1.02. The van der Waals surface area contributed by atoms with Crippen molar-refractivity contribution in [2.45, 2.75) is 16.2 Å². The first kappa shape index (κ1) is 10.1. The minimum absolute atomic E-state index is 0.438. The minimum atomic E-state index is 0.438. The molecule has 0 N–H and O–H groups in total. The summed E-state index contributed by atoms with van der Waals surface area (Å²) in [6, 6.07) is 5.66. The fourth-order valence-corrected chi connectivity index (χ4v) is 2.85. The number of thiazole rings is 1. The Morgan fingerprint density at radius 2 is 2.40 bits per heavy atom. The van der Waals surface area contributed by atoms with Crippen molar-refractivity contribution in [3.8, 4) is 6.07 Å². The van der Waals surface area contributed by atoms with E-state index in [0.29, 0.717) is 5.69 Å². The number of hydrogen-bond acceptors (Lipinski definition) is 5. The Bertz CT molecular complexity index is 513. The maximum atomic E-state index is 8.70. The summed E-state index contributed by atoms with van der Waals surface area (Å²) in [4.78, 5) is 9.25. The summed E-state index contributed by atoms with van der Waals surface area (Å²) < 4.78 is 0.989. The van der Waals surface area contributed by atoms with Crippen LogP contribution in [0.3, 0.4) is 0 Å². The van der Waals surface area contributed by atoms with Crippen molar-refractivity contribution < 1.29 is 0 Å². The molecule has 2 aromatic heterocycles. The smallest absolute Gasteiger partial charge is 0.154 e. The summed E-state index contributed by atoms with van der Waals surface area (Å²) in [5, 5.41) is 10.7. The van der Waals surface area contributed by atoms with Crippen LogP contribution in [0.1, 0.15) is 11.4 Å². The van der Waals surface area contributed by atoms with Crippen LogP contribution in [-0.2, 0) is 0 Å². The Morgan fingerprint density at radius 1 is 1.53 bits per heavy atom. The van der Waals surface area contributed by atoms with Crippen LogP contribution in [0.25, 0.3) is 0 Å². The van der Waals surface area contributed by atoms with Crippen molar-refractivity contribution in [3.05, 3.63) is 35.1 Å². The maximum absolute atomic E-state index is 8.70. The Balaban J connectivity index is 2.21. The highest BCUT2D eigenvalue weighted by molar-refractivity contribution is 8.01. The lowest BCUT2D eigenvalue weighted by molar-refractivity contribution is 1.15. The van der Waals surface area contributed by atoms with E-state index in [1.165, 1.54) is 0 Å². The van der Waals surface area contributed by atoms with Crippen LogP contribution in [0.5, 0.6) is 0 Å². The first-order valence-corrected chi connectivity index (χ1v) is 5.93. The van der Waals surface area contributed by atoms with Crippen molar-refractivity contribution in [2.24, 2.45) is 0 Å². The number of pyridine rings is 1. The van der Waals surface area contributed by atoms with E-state index < -0.39 is 0 Å². The topological polar surface area (TPSA) is 49.6 Å². The average molecular weight is 233 g/mol. The monoisotopic (exact) mass is 233 g/mol. The first-order chi connectivity index (χ1) is 7.28. The Labute approximate surface area is 95.8 Å². The molecule has 0 unspecified atom stereocenters. The molecule has 74 valence electrons. The summed E-state index contributed by atoms with van der Waals surface area (Å²) in [6.07, 6.45) is 1.64. The van der Waals surface area contributed by atoms with Gasteiger partial charge in [-0.2, -0.15) is 5.26 Å². The molecule has 0 radical (unpaired) electrons. The third kappa shape index (κ3) is 2.55. The molecule has 5 heteroatoms. The van der Waals surface area contributed by atoms with Gasteiger partial charge in [-0.25, -0.2) is 9.97 Å². The van der Waals surface area contributed by atoms with Gasteiger partial charge in [0.15, 0.2) is 4.34 Å². The van der Waals surface area contributed by atoms with Crippen molar-refractivity contribution in [2.75, 3.05) is 0 Å². The number of aromatic nitrogens is 2. The van der Waals surface area contributed by atoms with Crippen LogP contribution >= 0.6 is 23.1 Å². The summed E-state index contributed by atoms with van der Waals surface area (Å²) in [5.41, 5.74) is 1.46. The van der Waals surface area contributed by atoms with Gasteiger partial charge in [-0.3, -0.25) is 0 Å². The third-order valence-electron chi connectivity index (χ3n) is 1.65. The molecule has 0 bridgehead atoms. The van der Waals surface area contributed by atoms with Gasteiger partial charge in [-0.05, 0) is 19.1 Å². The Morgan fingerprint density at radius 3 is 3.07 bits per heavy atom. The molecule has 0 saturated heterocycles. The van der Waals surface area contributed by atoms with Gasteiger partial charge >= 0.3 is 0 Å². The molecule has 3 nitrogen and oxygen atoms in total. The molecule has 0 atom stereocenters. The quantitative estimate of drug-likeness (QED) is 0.800. The minimum Gasteiger partial charge on any atom is -0.245 e. The van der Waals surface area contributed by atoms with Gasteiger partial charge < -0.3 is 0 Å². The van der Waals surface area contributed by atoms with Gasteiger partial charge in [0.2, 0.25) is 0 Å². The molecule has 2 aromatic rings. The van der Waals surface area contributed by atoms with Crippen molar-refractivity contribution in [1.29, 1.82) is 5.26 Å². The average Bonchev–Trinajstić information content (AvgIpc) is 2.64. The molecule has 0 amide bonds. The largest absolute Gasteiger partial charge is 0.245 e. The Kier molecular flexibility index (Phi) is 2.99. The third-order valence-corrected chi connectivity index (χ3v) is 3.70. The van der Waals surface area contributed by atoms with E-state index in [1.807, 2.05) is 24.4 Å². The molecule has 0 aliphatic heterocycles. The second-order valence-corrected chi connectivity index (χ2v) is 5.02.